The molecule has 1 aliphatic heterocycles. The molecule has 0 aromatic heterocycles. The Hall–Kier alpha value is -0.540. The summed E-state index contributed by atoms with van der Waals surface area (Å²) in [5.74, 6) is 0. The molecule has 0 amide bonds. The van der Waals surface area contributed by atoms with Crippen molar-refractivity contribution in [2.24, 2.45) is 0 Å². The highest BCUT2D eigenvalue weighted by Gasteiger charge is 2.38. The second-order valence-corrected chi connectivity index (χ2v) is 7.55. The summed E-state index contributed by atoms with van der Waals surface area (Å²) in [6.07, 6.45) is 6.85. The number of nitrogens with one attached hydrogen (secondary N) is 1. The van der Waals surface area contributed by atoms with Crippen molar-refractivity contribution in [3.63, 3.8) is 0 Å². The molecule has 1 aromatic rings. The van der Waals surface area contributed by atoms with Crippen molar-refractivity contribution in [3.8, 4) is 0 Å². The second-order valence-electron chi connectivity index (χ2n) is 6.63. The van der Waals surface area contributed by atoms with Crippen molar-refractivity contribution in [2.45, 2.75) is 57.5 Å². The Morgan fingerprint density at radius 2 is 2.00 bits per heavy atom. The highest BCUT2D eigenvalue weighted by atomic mass is 79.9. The number of nitrogens with zero attached hydrogens (tertiary/aromatic N) is 1. The minimum absolute atomic E-state index is 0.361. The van der Waals surface area contributed by atoms with Crippen LogP contribution in [0.25, 0.3) is 0 Å². The third-order valence-electron chi connectivity index (χ3n) is 5.07. The molecule has 2 fully saturated rings. The monoisotopic (exact) mass is 336 g/mol. The van der Waals surface area contributed by atoms with Gasteiger partial charge in [-0.05, 0) is 44.4 Å². The van der Waals surface area contributed by atoms with Gasteiger partial charge in [-0.1, -0.05) is 41.3 Å². The van der Waals surface area contributed by atoms with Crippen molar-refractivity contribution < 1.29 is 0 Å². The second kappa shape index (κ2) is 5.69. The highest BCUT2D eigenvalue weighted by molar-refractivity contribution is 9.10. The zero-order valence-electron chi connectivity index (χ0n) is 12.6. The first-order valence-electron chi connectivity index (χ1n) is 7.87. The molecule has 3 rings (SSSR count). The Morgan fingerprint density at radius 3 is 2.75 bits per heavy atom. The quantitative estimate of drug-likeness (QED) is 0.824. The topological polar surface area (TPSA) is 15.3 Å². The average Bonchev–Trinajstić information content (AvgIpc) is 2.46. The van der Waals surface area contributed by atoms with Gasteiger partial charge in [-0.2, -0.15) is 0 Å². The van der Waals surface area contributed by atoms with Gasteiger partial charge in [0.2, 0.25) is 0 Å². The van der Waals surface area contributed by atoms with E-state index in [0.717, 1.165) is 13.1 Å². The lowest BCUT2D eigenvalue weighted by Gasteiger charge is -2.50. The standard InChI is InChI=1S/C17H25BrN2/c1-13-6-7-15(18)10-16(13)20-12-17(19-11-14(20)2)8-4-3-5-9-17/h6-7,10,14,19H,3-5,8-9,11-12H2,1-2H3. The molecule has 0 bridgehead atoms. The van der Waals surface area contributed by atoms with Crippen LogP contribution in [0, 0.1) is 6.92 Å². The number of rotatable bonds is 1. The van der Waals surface area contributed by atoms with E-state index < -0.39 is 0 Å². The van der Waals surface area contributed by atoms with Crippen LogP contribution < -0.4 is 10.2 Å². The number of hydrogen-bond acceptors (Lipinski definition) is 2. The molecule has 1 saturated carbocycles. The molecule has 3 heteroatoms. The molecule has 1 aromatic carbocycles. The number of halogens is 1. The lowest BCUT2D eigenvalue weighted by atomic mass is 9.79. The summed E-state index contributed by atoms with van der Waals surface area (Å²) in [5.41, 5.74) is 3.14. The van der Waals surface area contributed by atoms with Gasteiger partial charge in [0.1, 0.15) is 0 Å². The summed E-state index contributed by atoms with van der Waals surface area (Å²) in [4.78, 5) is 2.63. The predicted octanol–water partition coefficient (Wildman–Crippen LogP) is 4.26. The first-order valence-corrected chi connectivity index (χ1v) is 8.67. The van der Waals surface area contributed by atoms with E-state index in [4.69, 9.17) is 0 Å². The number of aryl methyl sites for hydroxylation is 1. The molecule has 2 nitrogen and oxygen atoms in total. The maximum Gasteiger partial charge on any atom is 0.0410 e. The van der Waals surface area contributed by atoms with E-state index in [1.54, 1.807) is 0 Å². The van der Waals surface area contributed by atoms with Gasteiger partial charge in [0.05, 0.1) is 0 Å². The molecule has 1 N–H and O–H groups in total. The normalized spacial score (nSPS) is 25.9. The van der Waals surface area contributed by atoms with Crippen molar-refractivity contribution in [2.75, 3.05) is 18.0 Å². The first kappa shape index (κ1) is 14.4. The largest absolute Gasteiger partial charge is 0.365 e. The number of benzene rings is 1. The van der Waals surface area contributed by atoms with Gasteiger partial charge in [0.15, 0.2) is 0 Å². The zero-order valence-corrected chi connectivity index (χ0v) is 14.2. The van der Waals surface area contributed by atoms with Crippen molar-refractivity contribution >= 4 is 21.6 Å². The molecule has 1 unspecified atom stereocenters. The van der Waals surface area contributed by atoms with Crippen LogP contribution in [-0.4, -0.2) is 24.7 Å². The number of piperazine rings is 1. The van der Waals surface area contributed by atoms with Gasteiger partial charge in [-0.15, -0.1) is 0 Å². The Bertz CT molecular complexity index is 480. The third-order valence-corrected chi connectivity index (χ3v) is 5.56. The van der Waals surface area contributed by atoms with Crippen LogP contribution in [-0.2, 0) is 0 Å². The fraction of sp³-hybridized carbons (Fsp3) is 0.647. The Balaban J connectivity index is 1.88. The average molecular weight is 337 g/mol. The minimum Gasteiger partial charge on any atom is -0.365 e. The molecule has 1 spiro atoms. The van der Waals surface area contributed by atoms with Crippen LogP contribution in [0.2, 0.25) is 0 Å². The summed E-state index contributed by atoms with van der Waals surface area (Å²) in [7, 11) is 0. The molecule has 110 valence electrons. The van der Waals surface area contributed by atoms with E-state index in [1.165, 1.54) is 47.8 Å². The molecule has 2 aliphatic rings. The highest BCUT2D eigenvalue weighted by Crippen LogP contribution is 2.35. The van der Waals surface area contributed by atoms with E-state index in [1.807, 2.05) is 0 Å². The molecular formula is C17H25BrN2. The third kappa shape index (κ3) is 2.75. The number of hydrogen-bond donors (Lipinski definition) is 1. The smallest absolute Gasteiger partial charge is 0.0410 e. The van der Waals surface area contributed by atoms with Gasteiger partial charge in [-0.3, -0.25) is 0 Å². The van der Waals surface area contributed by atoms with Crippen molar-refractivity contribution in [1.82, 2.24) is 5.32 Å². The maximum absolute atomic E-state index is 3.86. The van der Waals surface area contributed by atoms with Gasteiger partial charge in [0, 0.05) is 34.8 Å². The Morgan fingerprint density at radius 1 is 1.25 bits per heavy atom. The summed E-state index contributed by atoms with van der Waals surface area (Å²) in [5, 5.41) is 3.86. The summed E-state index contributed by atoms with van der Waals surface area (Å²) >= 11 is 3.63. The van der Waals surface area contributed by atoms with Crippen LogP contribution in [0.3, 0.4) is 0 Å². The Labute approximate surface area is 131 Å². The molecule has 1 heterocycles. The molecule has 1 saturated heterocycles. The first-order chi connectivity index (χ1) is 9.60. The van der Waals surface area contributed by atoms with E-state index in [-0.39, 0.29) is 0 Å². The van der Waals surface area contributed by atoms with E-state index in [2.05, 4.69) is 58.2 Å². The zero-order chi connectivity index (χ0) is 14.2. The van der Waals surface area contributed by atoms with Crippen LogP contribution in [0.15, 0.2) is 22.7 Å². The van der Waals surface area contributed by atoms with Gasteiger partial charge >= 0.3 is 0 Å². The Kier molecular flexibility index (Phi) is 4.09. The van der Waals surface area contributed by atoms with Crippen molar-refractivity contribution in [3.05, 3.63) is 28.2 Å². The summed E-state index contributed by atoms with van der Waals surface area (Å²) in [6.45, 7) is 6.82. The maximum atomic E-state index is 3.86. The SMILES string of the molecule is Cc1ccc(Br)cc1N1CC2(CCCCC2)NCC1C. The molecule has 1 atom stereocenters. The summed E-state index contributed by atoms with van der Waals surface area (Å²) < 4.78 is 1.18. The van der Waals surface area contributed by atoms with Crippen LogP contribution in [0.4, 0.5) is 5.69 Å². The van der Waals surface area contributed by atoms with E-state index >= 15 is 0 Å². The van der Waals surface area contributed by atoms with Crippen LogP contribution in [0.1, 0.15) is 44.6 Å². The van der Waals surface area contributed by atoms with Gasteiger partial charge in [0.25, 0.3) is 0 Å². The van der Waals surface area contributed by atoms with Gasteiger partial charge in [-0.25, -0.2) is 0 Å². The molecule has 1 aliphatic carbocycles. The lowest BCUT2D eigenvalue weighted by Crippen LogP contribution is -2.64. The van der Waals surface area contributed by atoms with E-state index in [9.17, 15) is 0 Å². The fourth-order valence-corrected chi connectivity index (χ4v) is 4.14. The molecular weight excluding hydrogens is 312 g/mol. The van der Waals surface area contributed by atoms with Crippen molar-refractivity contribution in [1.29, 1.82) is 0 Å². The van der Waals surface area contributed by atoms with Crippen LogP contribution >= 0.6 is 15.9 Å². The molecule has 0 radical (unpaired) electrons. The summed E-state index contributed by atoms with van der Waals surface area (Å²) in [6, 6.07) is 7.22. The van der Waals surface area contributed by atoms with Crippen LogP contribution in [0.5, 0.6) is 0 Å². The predicted molar refractivity (Wildman–Crippen MR) is 89.5 cm³/mol. The van der Waals surface area contributed by atoms with Gasteiger partial charge < -0.3 is 10.2 Å². The minimum atomic E-state index is 0.361. The fourth-order valence-electron chi connectivity index (χ4n) is 3.79. The number of anilines is 1. The molecule has 20 heavy (non-hydrogen) atoms. The van der Waals surface area contributed by atoms with E-state index in [0.29, 0.717) is 11.6 Å². The lowest BCUT2D eigenvalue weighted by molar-refractivity contribution is 0.200.